The first-order chi connectivity index (χ1) is 27.2. The molecule has 2 aliphatic heterocycles. The van der Waals surface area contributed by atoms with Gasteiger partial charge in [0.2, 0.25) is 41.4 Å². The van der Waals surface area contributed by atoms with Gasteiger partial charge >= 0.3 is 0 Å². The second-order valence-electron chi connectivity index (χ2n) is 15.0. The third-order valence-electron chi connectivity index (χ3n) is 10.4. The lowest BCUT2D eigenvalue weighted by Gasteiger charge is -2.31. The maximum atomic E-state index is 14.1. The highest BCUT2D eigenvalue weighted by atomic mass is 16.3. The second kappa shape index (κ2) is 21.1. The van der Waals surface area contributed by atoms with E-state index in [-0.39, 0.29) is 44.0 Å². The number of phenols is 1. The number of hydrogen-bond donors (Lipinski definition) is 9. The number of nitrogens with one attached hydrogen (secondary N) is 6. The number of fused-ring (bicyclic) bond motifs is 1. The first-order valence-electron chi connectivity index (χ1n) is 19.4. The third-order valence-corrected chi connectivity index (χ3v) is 10.4. The maximum absolute atomic E-state index is 14.1. The minimum Gasteiger partial charge on any atom is -0.508 e. The van der Waals surface area contributed by atoms with E-state index in [1.165, 1.54) is 17.0 Å². The first kappa shape index (κ1) is 44.2. The van der Waals surface area contributed by atoms with Crippen LogP contribution in [0, 0.1) is 11.8 Å². The number of aliphatic hydroxyl groups excluding tert-OH is 1. The molecule has 0 saturated carbocycles. The zero-order chi connectivity index (χ0) is 41.6. The molecule has 2 fully saturated rings. The Morgan fingerprint density at radius 1 is 0.842 bits per heavy atom. The van der Waals surface area contributed by atoms with E-state index in [0.717, 1.165) is 5.56 Å². The van der Waals surface area contributed by atoms with Gasteiger partial charge in [0.25, 0.3) is 0 Å². The molecule has 2 heterocycles. The van der Waals surface area contributed by atoms with Crippen LogP contribution in [0.3, 0.4) is 0 Å². The largest absolute Gasteiger partial charge is 0.508 e. The lowest BCUT2D eigenvalue weighted by Crippen LogP contribution is -2.60. The van der Waals surface area contributed by atoms with Crippen molar-refractivity contribution in [2.24, 2.45) is 17.6 Å². The van der Waals surface area contributed by atoms with E-state index in [2.05, 4.69) is 31.9 Å². The highest BCUT2D eigenvalue weighted by molar-refractivity contribution is 5.96. The molecule has 2 saturated heterocycles. The van der Waals surface area contributed by atoms with Gasteiger partial charge in [0.05, 0.1) is 19.2 Å². The van der Waals surface area contributed by atoms with Gasteiger partial charge in [-0.3, -0.25) is 33.6 Å². The van der Waals surface area contributed by atoms with E-state index in [4.69, 9.17) is 5.73 Å². The van der Waals surface area contributed by atoms with Crippen LogP contribution in [0.4, 0.5) is 0 Å². The number of carbonyl (C=O) groups excluding carboxylic acids is 7. The van der Waals surface area contributed by atoms with Crippen LogP contribution in [0.15, 0.2) is 54.6 Å². The predicted molar refractivity (Wildman–Crippen MR) is 209 cm³/mol. The van der Waals surface area contributed by atoms with Crippen molar-refractivity contribution in [3.63, 3.8) is 0 Å². The van der Waals surface area contributed by atoms with E-state index in [9.17, 15) is 43.8 Å². The Hall–Kier alpha value is -5.55. The molecule has 310 valence electrons. The molecule has 0 bridgehead atoms. The van der Waals surface area contributed by atoms with Crippen molar-refractivity contribution in [2.75, 3.05) is 26.2 Å². The minimum absolute atomic E-state index is 0.0370. The predicted octanol–water partition coefficient (Wildman–Crippen LogP) is -1.25. The van der Waals surface area contributed by atoms with E-state index in [1.54, 1.807) is 26.0 Å². The molecule has 0 spiro atoms. The van der Waals surface area contributed by atoms with Gasteiger partial charge in [-0.15, -0.1) is 0 Å². The van der Waals surface area contributed by atoms with Crippen molar-refractivity contribution < 1.29 is 43.8 Å². The molecular formula is C40H56N8O9. The molecule has 17 heteroatoms. The van der Waals surface area contributed by atoms with Crippen LogP contribution in [0.2, 0.25) is 0 Å². The van der Waals surface area contributed by atoms with Gasteiger partial charge in [-0.05, 0) is 60.8 Å². The van der Waals surface area contributed by atoms with Crippen LogP contribution in [0.25, 0.3) is 0 Å². The summed E-state index contributed by atoms with van der Waals surface area (Å²) in [5, 5.41) is 36.9. The summed E-state index contributed by atoms with van der Waals surface area (Å²) >= 11 is 0. The normalized spacial score (nSPS) is 26.5. The molecule has 0 radical (unpaired) electrons. The molecule has 7 amide bonds. The Labute approximate surface area is 332 Å². The number of aliphatic hydroxyl groups is 1. The summed E-state index contributed by atoms with van der Waals surface area (Å²) in [7, 11) is 0. The summed E-state index contributed by atoms with van der Waals surface area (Å²) in [6.07, 6.45) is 0.724. The van der Waals surface area contributed by atoms with E-state index in [0.29, 0.717) is 24.8 Å². The summed E-state index contributed by atoms with van der Waals surface area (Å²) in [6, 6.07) is 9.18. The summed E-state index contributed by atoms with van der Waals surface area (Å²) < 4.78 is 0. The Morgan fingerprint density at radius 2 is 1.53 bits per heavy atom. The average Bonchev–Trinajstić information content (AvgIpc) is 3.59. The number of rotatable bonds is 10. The number of hydrogen-bond acceptors (Lipinski definition) is 10. The fraction of sp³-hybridized carbons (Fsp3) is 0.525. The number of aromatic hydroxyl groups is 1. The van der Waals surface area contributed by atoms with Crippen molar-refractivity contribution in [3.05, 3.63) is 65.7 Å². The second-order valence-corrected chi connectivity index (χ2v) is 15.0. The summed E-state index contributed by atoms with van der Waals surface area (Å²) in [5.41, 5.74) is 6.94. The van der Waals surface area contributed by atoms with Gasteiger partial charge < -0.3 is 52.7 Å². The number of nitrogens with zero attached hydrogens (tertiary/aromatic N) is 1. The van der Waals surface area contributed by atoms with Crippen LogP contribution in [0.5, 0.6) is 5.75 Å². The topological polar surface area (TPSA) is 261 Å². The van der Waals surface area contributed by atoms with E-state index in [1.807, 2.05) is 37.3 Å². The lowest BCUT2D eigenvalue weighted by atomic mass is 9.97. The van der Waals surface area contributed by atoms with Gasteiger partial charge in [-0.25, -0.2) is 0 Å². The van der Waals surface area contributed by atoms with Crippen molar-refractivity contribution >= 4 is 41.4 Å². The molecule has 0 aliphatic carbocycles. The average molecular weight is 793 g/mol. The fourth-order valence-electron chi connectivity index (χ4n) is 7.01. The molecule has 2 aromatic carbocycles. The smallest absolute Gasteiger partial charge is 0.248 e. The van der Waals surface area contributed by atoms with E-state index >= 15 is 0 Å². The quantitative estimate of drug-likeness (QED) is 0.138. The Bertz CT molecular complexity index is 1730. The van der Waals surface area contributed by atoms with E-state index < -0.39 is 96.7 Å². The first-order valence-corrected chi connectivity index (χ1v) is 19.4. The zero-order valence-electron chi connectivity index (χ0n) is 32.7. The van der Waals surface area contributed by atoms with Gasteiger partial charge in [0.1, 0.15) is 29.9 Å². The van der Waals surface area contributed by atoms with Gasteiger partial charge in [0, 0.05) is 25.6 Å². The zero-order valence-corrected chi connectivity index (χ0v) is 32.7. The van der Waals surface area contributed by atoms with Crippen LogP contribution < -0.4 is 37.6 Å². The van der Waals surface area contributed by atoms with Crippen molar-refractivity contribution in [3.8, 4) is 5.75 Å². The molecule has 4 rings (SSSR count). The van der Waals surface area contributed by atoms with Crippen molar-refractivity contribution in [2.45, 2.75) is 95.5 Å². The third kappa shape index (κ3) is 13.0. The number of primary amides is 1. The molecule has 2 aromatic rings. The van der Waals surface area contributed by atoms with Gasteiger partial charge in [-0.1, -0.05) is 69.7 Å². The van der Waals surface area contributed by atoms with Crippen LogP contribution in [-0.4, -0.2) is 119 Å². The molecule has 0 aromatic heterocycles. The molecule has 0 unspecified atom stereocenters. The summed E-state index contributed by atoms with van der Waals surface area (Å²) in [5.74, 6) is -5.31. The number of phenolic OH excluding ortho intramolecular Hbond substituents is 1. The number of benzene rings is 2. The molecule has 17 nitrogen and oxygen atoms in total. The number of amides is 7. The monoisotopic (exact) mass is 792 g/mol. The summed E-state index contributed by atoms with van der Waals surface area (Å²) in [4.78, 5) is 95.6. The molecule has 8 atom stereocenters. The minimum atomic E-state index is -1.44. The Balaban J connectivity index is 1.72. The Morgan fingerprint density at radius 3 is 2.18 bits per heavy atom. The fourth-order valence-corrected chi connectivity index (χ4v) is 7.01. The van der Waals surface area contributed by atoms with Crippen LogP contribution in [-0.2, 0) is 46.4 Å². The summed E-state index contributed by atoms with van der Waals surface area (Å²) in [6.45, 7) is 4.31. The standard InChI is InChI=1S/C40H56N8O9/c1-4-24(3)35-39(56)46-31(22-49)40(57)48-21-23(2)16-32(48)38(55)44-27(17-25-8-6-5-7-9-25)19-42-30(18-26-10-12-28(50)13-11-26)36(53)43-20-34(52)45-29(37(54)47-35)14-15-33(41)51/h5-13,23-24,27,29-32,35,42,49-50H,4,14-22H2,1-3H3,(H2,41,51)(H,43,53)(H,44,55)(H,45,52)(H,46,56)(H,47,54)/t23-,24-,27+,29-,30-,31-,32-,35-/m0/s1. The molecule has 2 aliphatic rings. The van der Waals surface area contributed by atoms with Crippen molar-refractivity contribution in [1.82, 2.24) is 36.8 Å². The highest BCUT2D eigenvalue weighted by Crippen LogP contribution is 2.24. The number of carbonyl (C=O) groups is 7. The number of nitrogens with two attached hydrogens (primary N) is 1. The van der Waals surface area contributed by atoms with Crippen LogP contribution >= 0.6 is 0 Å². The Kier molecular flexibility index (Phi) is 16.4. The molecule has 10 N–H and O–H groups in total. The maximum Gasteiger partial charge on any atom is 0.248 e. The SMILES string of the molecule is CC[C@H](C)[C@@H]1NC(=O)[C@H](CCC(N)=O)NC(=O)CNC(=O)[C@H](Cc2ccc(O)cc2)NC[C@@H](Cc2ccccc2)NC(=O)[C@@H]2C[C@H](C)CN2C(=O)[C@H](CO)NC1=O. The molecular weight excluding hydrogens is 736 g/mol. The van der Waals surface area contributed by atoms with Gasteiger partial charge in [-0.2, -0.15) is 0 Å². The van der Waals surface area contributed by atoms with Crippen molar-refractivity contribution in [1.29, 1.82) is 0 Å². The van der Waals surface area contributed by atoms with Gasteiger partial charge in [0.15, 0.2) is 0 Å². The van der Waals surface area contributed by atoms with Crippen LogP contribution in [0.1, 0.15) is 57.6 Å². The highest BCUT2D eigenvalue weighted by Gasteiger charge is 2.42. The lowest BCUT2D eigenvalue weighted by molar-refractivity contribution is -0.143. The molecule has 57 heavy (non-hydrogen) atoms.